The summed E-state index contributed by atoms with van der Waals surface area (Å²) in [6.07, 6.45) is 3.40. The summed E-state index contributed by atoms with van der Waals surface area (Å²) in [5.74, 6) is 0.103. The summed E-state index contributed by atoms with van der Waals surface area (Å²) < 4.78 is 0. The molecule has 0 aliphatic carbocycles. The first-order valence-corrected chi connectivity index (χ1v) is 4.93. The molecule has 5 nitrogen and oxygen atoms in total. The van der Waals surface area contributed by atoms with E-state index < -0.39 is 0 Å². The summed E-state index contributed by atoms with van der Waals surface area (Å²) >= 11 is 0. The summed E-state index contributed by atoms with van der Waals surface area (Å²) in [6, 6.07) is 4.49. The van der Waals surface area contributed by atoms with Crippen LogP contribution in [-0.4, -0.2) is 20.4 Å². The average Bonchev–Trinajstić information content (AvgIpc) is 2.68. The van der Waals surface area contributed by atoms with Crippen molar-refractivity contribution in [1.29, 1.82) is 0 Å². The number of phenols is 2. The number of aromatic hydroxyl groups is 2. The van der Waals surface area contributed by atoms with E-state index >= 15 is 0 Å². The second kappa shape index (κ2) is 4.14. The highest BCUT2D eigenvalue weighted by molar-refractivity contribution is 5.44. The molecular formula is C11H13N3O2. The molecule has 5 heteroatoms. The van der Waals surface area contributed by atoms with Gasteiger partial charge in [-0.25, -0.2) is 0 Å². The van der Waals surface area contributed by atoms with Gasteiger partial charge in [-0.3, -0.25) is 5.10 Å². The number of aromatic nitrogens is 2. The molecule has 0 aliphatic heterocycles. The Hall–Kier alpha value is -2.17. The summed E-state index contributed by atoms with van der Waals surface area (Å²) in [5.41, 5.74) is 1.66. The number of phenolic OH excluding ortho intramolecular Hbond substituents is 2. The molecule has 4 N–H and O–H groups in total. The quantitative estimate of drug-likeness (QED) is 0.636. The Bertz CT molecular complexity index is 448. The lowest BCUT2D eigenvalue weighted by Crippen LogP contribution is -2.05. The van der Waals surface area contributed by atoms with Gasteiger partial charge >= 0.3 is 0 Å². The Kier molecular flexibility index (Phi) is 2.68. The molecule has 2 rings (SSSR count). The number of benzene rings is 1. The van der Waals surface area contributed by atoms with Gasteiger partial charge in [-0.2, -0.15) is 5.10 Å². The van der Waals surface area contributed by atoms with Crippen LogP contribution in [0.1, 0.15) is 18.5 Å². The van der Waals surface area contributed by atoms with Crippen molar-refractivity contribution < 1.29 is 10.2 Å². The van der Waals surface area contributed by atoms with Gasteiger partial charge in [0.2, 0.25) is 0 Å². The molecule has 0 amide bonds. The van der Waals surface area contributed by atoms with E-state index in [0.29, 0.717) is 0 Å². The molecule has 0 radical (unpaired) electrons. The van der Waals surface area contributed by atoms with Gasteiger partial charge in [-0.05, 0) is 24.6 Å². The van der Waals surface area contributed by atoms with Gasteiger partial charge in [0.1, 0.15) is 11.5 Å². The largest absolute Gasteiger partial charge is 0.508 e. The van der Waals surface area contributed by atoms with Crippen molar-refractivity contribution in [3.8, 4) is 11.5 Å². The highest BCUT2D eigenvalue weighted by Gasteiger charge is 2.08. The number of aromatic amines is 1. The van der Waals surface area contributed by atoms with E-state index in [0.717, 1.165) is 11.3 Å². The van der Waals surface area contributed by atoms with Crippen LogP contribution in [0.3, 0.4) is 0 Å². The van der Waals surface area contributed by atoms with E-state index in [4.69, 9.17) is 0 Å². The van der Waals surface area contributed by atoms with E-state index in [-0.39, 0.29) is 17.5 Å². The zero-order valence-electron chi connectivity index (χ0n) is 8.81. The van der Waals surface area contributed by atoms with E-state index in [2.05, 4.69) is 15.5 Å². The van der Waals surface area contributed by atoms with Crippen LogP contribution in [0, 0.1) is 0 Å². The maximum atomic E-state index is 9.36. The van der Waals surface area contributed by atoms with Crippen molar-refractivity contribution in [3.63, 3.8) is 0 Å². The second-order valence-electron chi connectivity index (χ2n) is 3.64. The molecule has 0 bridgehead atoms. The van der Waals surface area contributed by atoms with Gasteiger partial charge in [0.05, 0.1) is 11.9 Å². The van der Waals surface area contributed by atoms with E-state index in [1.54, 1.807) is 24.5 Å². The number of H-pyrrole nitrogens is 1. The number of nitrogens with one attached hydrogen (secondary N) is 2. The van der Waals surface area contributed by atoms with Crippen LogP contribution in [0.4, 0.5) is 5.69 Å². The van der Waals surface area contributed by atoms with Crippen LogP contribution in [-0.2, 0) is 0 Å². The molecule has 1 heterocycles. The Labute approximate surface area is 92.8 Å². The van der Waals surface area contributed by atoms with Gasteiger partial charge in [0.15, 0.2) is 0 Å². The normalized spacial score (nSPS) is 12.3. The molecule has 0 saturated carbocycles. The maximum absolute atomic E-state index is 9.36. The van der Waals surface area contributed by atoms with Crippen molar-refractivity contribution >= 4 is 5.69 Å². The Morgan fingerprint density at radius 2 is 1.94 bits per heavy atom. The van der Waals surface area contributed by atoms with Crippen molar-refractivity contribution in [2.45, 2.75) is 13.0 Å². The molecule has 0 fully saturated rings. The fourth-order valence-electron chi connectivity index (χ4n) is 1.53. The Morgan fingerprint density at radius 1 is 1.25 bits per heavy atom. The van der Waals surface area contributed by atoms with Gasteiger partial charge in [-0.15, -0.1) is 0 Å². The molecule has 2 aromatic rings. The van der Waals surface area contributed by atoms with Gasteiger partial charge < -0.3 is 15.5 Å². The summed E-state index contributed by atoms with van der Waals surface area (Å²) in [5, 5.41) is 28.4. The van der Waals surface area contributed by atoms with Gasteiger partial charge in [0.25, 0.3) is 0 Å². The Balaban J connectivity index is 2.17. The van der Waals surface area contributed by atoms with E-state index in [1.807, 2.05) is 6.92 Å². The number of hydrogen-bond donors (Lipinski definition) is 4. The first-order chi connectivity index (χ1) is 7.65. The zero-order valence-corrected chi connectivity index (χ0v) is 8.81. The lowest BCUT2D eigenvalue weighted by Gasteiger charge is -2.14. The average molecular weight is 219 g/mol. The summed E-state index contributed by atoms with van der Waals surface area (Å²) in [6.45, 7) is 1.93. The minimum Gasteiger partial charge on any atom is -0.508 e. The molecule has 16 heavy (non-hydrogen) atoms. The molecule has 1 aromatic carbocycles. The monoisotopic (exact) mass is 219 g/mol. The van der Waals surface area contributed by atoms with Crippen molar-refractivity contribution in [3.05, 3.63) is 36.2 Å². The van der Waals surface area contributed by atoms with Crippen LogP contribution in [0.5, 0.6) is 11.5 Å². The van der Waals surface area contributed by atoms with Crippen LogP contribution in [0.15, 0.2) is 30.6 Å². The SMILES string of the molecule is CC(Nc1cn[nH]c1)c1cc(O)cc(O)c1. The number of anilines is 1. The molecule has 1 unspecified atom stereocenters. The lowest BCUT2D eigenvalue weighted by molar-refractivity contribution is 0.448. The molecule has 0 spiro atoms. The van der Waals surface area contributed by atoms with Crippen LogP contribution in [0.2, 0.25) is 0 Å². The molecule has 84 valence electrons. The minimum atomic E-state index is -0.0319. The number of nitrogens with zero attached hydrogens (tertiary/aromatic N) is 1. The zero-order chi connectivity index (χ0) is 11.5. The molecule has 1 aromatic heterocycles. The van der Waals surface area contributed by atoms with E-state index in [9.17, 15) is 10.2 Å². The number of rotatable bonds is 3. The van der Waals surface area contributed by atoms with Crippen LogP contribution >= 0.6 is 0 Å². The third-order valence-electron chi connectivity index (χ3n) is 2.31. The molecular weight excluding hydrogens is 206 g/mol. The third-order valence-corrected chi connectivity index (χ3v) is 2.31. The van der Waals surface area contributed by atoms with Gasteiger partial charge in [-0.1, -0.05) is 0 Å². The van der Waals surface area contributed by atoms with Gasteiger partial charge in [0, 0.05) is 18.3 Å². The smallest absolute Gasteiger partial charge is 0.119 e. The van der Waals surface area contributed by atoms with Crippen molar-refractivity contribution in [2.75, 3.05) is 5.32 Å². The third kappa shape index (κ3) is 2.25. The predicted molar refractivity (Wildman–Crippen MR) is 60.4 cm³/mol. The first-order valence-electron chi connectivity index (χ1n) is 4.93. The Morgan fingerprint density at radius 3 is 2.50 bits per heavy atom. The van der Waals surface area contributed by atoms with Crippen LogP contribution < -0.4 is 5.32 Å². The first kappa shape index (κ1) is 10.4. The minimum absolute atomic E-state index is 0.0319. The lowest BCUT2D eigenvalue weighted by atomic mass is 10.1. The predicted octanol–water partition coefficient (Wildman–Crippen LogP) is 1.99. The maximum Gasteiger partial charge on any atom is 0.119 e. The molecule has 0 saturated heterocycles. The summed E-state index contributed by atoms with van der Waals surface area (Å²) in [7, 11) is 0. The fraction of sp³-hybridized carbons (Fsp3) is 0.182. The van der Waals surface area contributed by atoms with Crippen molar-refractivity contribution in [1.82, 2.24) is 10.2 Å². The van der Waals surface area contributed by atoms with E-state index in [1.165, 1.54) is 6.07 Å². The molecule has 1 atom stereocenters. The second-order valence-corrected chi connectivity index (χ2v) is 3.64. The number of hydrogen-bond acceptors (Lipinski definition) is 4. The standard InChI is InChI=1S/C11H13N3O2/c1-7(14-9-5-12-13-6-9)8-2-10(15)4-11(16)3-8/h2-7,14-16H,1H3,(H,12,13). The fourth-order valence-corrected chi connectivity index (χ4v) is 1.53. The molecule has 0 aliphatic rings. The highest BCUT2D eigenvalue weighted by Crippen LogP contribution is 2.26. The summed E-state index contributed by atoms with van der Waals surface area (Å²) in [4.78, 5) is 0. The topological polar surface area (TPSA) is 81.2 Å². The van der Waals surface area contributed by atoms with Crippen LogP contribution in [0.25, 0.3) is 0 Å². The van der Waals surface area contributed by atoms with Crippen molar-refractivity contribution in [2.24, 2.45) is 0 Å². The highest BCUT2D eigenvalue weighted by atomic mass is 16.3.